The van der Waals surface area contributed by atoms with Crippen LogP contribution in [-0.2, 0) is 9.47 Å². The van der Waals surface area contributed by atoms with Gasteiger partial charge in [-0.1, -0.05) is 6.92 Å². The lowest BCUT2D eigenvalue weighted by atomic mass is 10.1. The number of rotatable bonds is 4. The predicted octanol–water partition coefficient (Wildman–Crippen LogP) is 1.59. The molecule has 0 saturated heterocycles. The third-order valence-electron chi connectivity index (χ3n) is 2.39. The van der Waals surface area contributed by atoms with Crippen LogP contribution in [0.5, 0.6) is 0 Å². The molecule has 1 aliphatic carbocycles. The van der Waals surface area contributed by atoms with Crippen molar-refractivity contribution in [3.05, 3.63) is 0 Å². The van der Waals surface area contributed by atoms with E-state index in [0.29, 0.717) is 6.10 Å². The molecule has 2 heteroatoms. The van der Waals surface area contributed by atoms with Gasteiger partial charge in [0, 0.05) is 14.2 Å². The fourth-order valence-corrected chi connectivity index (χ4v) is 1.53. The molecule has 60 valence electrons. The summed E-state index contributed by atoms with van der Waals surface area (Å²) in [5, 5.41) is 0. The first-order valence-corrected chi connectivity index (χ1v) is 3.87. The maximum Gasteiger partial charge on any atom is 0.0941 e. The summed E-state index contributed by atoms with van der Waals surface area (Å²) in [5.41, 5.74) is 0.0868. The van der Waals surface area contributed by atoms with E-state index in [-0.39, 0.29) is 5.60 Å². The van der Waals surface area contributed by atoms with Crippen LogP contribution in [0.4, 0.5) is 0 Å². The highest BCUT2D eigenvalue weighted by Crippen LogP contribution is 2.44. The summed E-state index contributed by atoms with van der Waals surface area (Å²) >= 11 is 0. The van der Waals surface area contributed by atoms with E-state index in [2.05, 4.69) is 6.92 Å². The van der Waals surface area contributed by atoms with E-state index in [1.165, 1.54) is 0 Å². The van der Waals surface area contributed by atoms with Gasteiger partial charge in [-0.15, -0.1) is 0 Å². The zero-order chi connectivity index (χ0) is 7.61. The molecule has 1 fully saturated rings. The second kappa shape index (κ2) is 2.89. The fraction of sp³-hybridized carbons (Fsp3) is 1.00. The molecule has 0 aromatic rings. The first kappa shape index (κ1) is 8.02. The van der Waals surface area contributed by atoms with Gasteiger partial charge in [0.15, 0.2) is 0 Å². The van der Waals surface area contributed by atoms with Gasteiger partial charge in [0.25, 0.3) is 0 Å². The summed E-state index contributed by atoms with van der Waals surface area (Å²) in [6.45, 7) is 2.13. The molecule has 0 aromatic heterocycles. The van der Waals surface area contributed by atoms with Gasteiger partial charge in [0.2, 0.25) is 0 Å². The van der Waals surface area contributed by atoms with Crippen molar-refractivity contribution in [2.24, 2.45) is 0 Å². The van der Waals surface area contributed by atoms with Crippen molar-refractivity contribution >= 4 is 0 Å². The summed E-state index contributed by atoms with van der Waals surface area (Å²) in [6.07, 6.45) is 3.67. The molecule has 0 amide bonds. The van der Waals surface area contributed by atoms with E-state index in [0.717, 1.165) is 19.3 Å². The van der Waals surface area contributed by atoms with Gasteiger partial charge in [-0.2, -0.15) is 0 Å². The first-order valence-electron chi connectivity index (χ1n) is 3.87. The number of hydrogen-bond acceptors (Lipinski definition) is 2. The molecule has 0 aromatic carbocycles. The zero-order valence-electron chi connectivity index (χ0n) is 7.02. The molecule has 0 heterocycles. The minimum Gasteiger partial charge on any atom is -0.378 e. The molecule has 1 aliphatic rings. The molecule has 1 saturated carbocycles. The average Bonchev–Trinajstić information content (AvgIpc) is 2.72. The molecule has 0 aliphatic heterocycles. The Morgan fingerprint density at radius 2 is 2.00 bits per heavy atom. The van der Waals surface area contributed by atoms with E-state index in [1.54, 1.807) is 14.2 Å². The van der Waals surface area contributed by atoms with E-state index in [9.17, 15) is 0 Å². The molecule has 1 rings (SSSR count). The lowest BCUT2D eigenvalue weighted by Crippen LogP contribution is -2.31. The molecule has 10 heavy (non-hydrogen) atoms. The van der Waals surface area contributed by atoms with Gasteiger partial charge >= 0.3 is 0 Å². The van der Waals surface area contributed by atoms with Crippen molar-refractivity contribution in [3.63, 3.8) is 0 Å². The van der Waals surface area contributed by atoms with Crippen molar-refractivity contribution in [1.29, 1.82) is 0 Å². The van der Waals surface area contributed by atoms with Crippen molar-refractivity contribution in [1.82, 2.24) is 0 Å². The molecule has 0 N–H and O–H groups in total. The van der Waals surface area contributed by atoms with Crippen LogP contribution >= 0.6 is 0 Å². The molecule has 0 radical (unpaired) electrons. The lowest BCUT2D eigenvalue weighted by molar-refractivity contribution is -0.0550. The average molecular weight is 144 g/mol. The zero-order valence-corrected chi connectivity index (χ0v) is 7.02. The predicted molar refractivity (Wildman–Crippen MR) is 40.1 cm³/mol. The van der Waals surface area contributed by atoms with Crippen molar-refractivity contribution in [2.75, 3.05) is 14.2 Å². The summed E-state index contributed by atoms with van der Waals surface area (Å²) in [6, 6.07) is 0. The highest BCUT2D eigenvalue weighted by atomic mass is 16.5. The quantitative estimate of drug-likeness (QED) is 0.596. The largest absolute Gasteiger partial charge is 0.378 e. The third-order valence-corrected chi connectivity index (χ3v) is 2.39. The lowest BCUT2D eigenvalue weighted by Gasteiger charge is -2.22. The SMILES string of the molecule is CCC(OC)C1(OC)CC1. The van der Waals surface area contributed by atoms with Crippen LogP contribution < -0.4 is 0 Å². The summed E-state index contributed by atoms with van der Waals surface area (Å²) in [7, 11) is 3.53. The van der Waals surface area contributed by atoms with Gasteiger partial charge in [0.05, 0.1) is 11.7 Å². The second-order valence-electron chi connectivity index (χ2n) is 2.90. The molecule has 0 bridgehead atoms. The Balaban J connectivity index is 2.43. The summed E-state index contributed by atoms with van der Waals surface area (Å²) in [5.74, 6) is 0. The molecule has 1 atom stereocenters. The maximum atomic E-state index is 5.37. The molecule has 1 unspecified atom stereocenters. The van der Waals surface area contributed by atoms with Crippen LogP contribution in [0.1, 0.15) is 26.2 Å². The van der Waals surface area contributed by atoms with E-state index >= 15 is 0 Å². The van der Waals surface area contributed by atoms with Gasteiger partial charge in [0.1, 0.15) is 0 Å². The maximum absolute atomic E-state index is 5.37. The van der Waals surface area contributed by atoms with Gasteiger partial charge in [-0.05, 0) is 19.3 Å². The van der Waals surface area contributed by atoms with Crippen LogP contribution in [0, 0.1) is 0 Å². The van der Waals surface area contributed by atoms with Crippen LogP contribution in [0.25, 0.3) is 0 Å². The Bertz CT molecular complexity index is 104. The fourth-order valence-electron chi connectivity index (χ4n) is 1.53. The van der Waals surface area contributed by atoms with E-state index in [4.69, 9.17) is 9.47 Å². The Morgan fingerprint density at radius 3 is 2.10 bits per heavy atom. The summed E-state index contributed by atoms with van der Waals surface area (Å²) < 4.78 is 10.7. The number of methoxy groups -OCH3 is 2. The Labute approximate surface area is 62.5 Å². The van der Waals surface area contributed by atoms with Crippen LogP contribution in [0.15, 0.2) is 0 Å². The Kier molecular flexibility index (Phi) is 2.32. The minimum atomic E-state index is 0.0868. The van der Waals surface area contributed by atoms with Crippen LogP contribution in [0.2, 0.25) is 0 Å². The standard InChI is InChI=1S/C8H16O2/c1-4-7(9-2)8(10-3)5-6-8/h7H,4-6H2,1-3H3. The Hall–Kier alpha value is -0.0800. The van der Waals surface area contributed by atoms with Crippen LogP contribution in [0.3, 0.4) is 0 Å². The summed E-state index contributed by atoms with van der Waals surface area (Å²) in [4.78, 5) is 0. The molecular weight excluding hydrogens is 128 g/mol. The first-order chi connectivity index (χ1) is 4.79. The van der Waals surface area contributed by atoms with Crippen LogP contribution in [-0.4, -0.2) is 25.9 Å². The number of hydrogen-bond donors (Lipinski definition) is 0. The second-order valence-corrected chi connectivity index (χ2v) is 2.90. The minimum absolute atomic E-state index is 0.0868. The normalized spacial score (nSPS) is 24.3. The van der Waals surface area contributed by atoms with Crippen molar-refractivity contribution in [3.8, 4) is 0 Å². The van der Waals surface area contributed by atoms with Crippen molar-refractivity contribution < 1.29 is 9.47 Å². The highest BCUT2D eigenvalue weighted by molar-refractivity contribution is 5.01. The van der Waals surface area contributed by atoms with Gasteiger partial charge in [-0.25, -0.2) is 0 Å². The number of ether oxygens (including phenoxy) is 2. The third kappa shape index (κ3) is 1.18. The van der Waals surface area contributed by atoms with E-state index < -0.39 is 0 Å². The highest BCUT2D eigenvalue weighted by Gasteiger charge is 2.49. The van der Waals surface area contributed by atoms with Gasteiger partial charge < -0.3 is 9.47 Å². The smallest absolute Gasteiger partial charge is 0.0941 e. The van der Waals surface area contributed by atoms with E-state index in [1.807, 2.05) is 0 Å². The van der Waals surface area contributed by atoms with Crippen molar-refractivity contribution in [2.45, 2.75) is 37.9 Å². The molecule has 2 nitrogen and oxygen atoms in total. The van der Waals surface area contributed by atoms with Gasteiger partial charge in [-0.3, -0.25) is 0 Å². The Morgan fingerprint density at radius 1 is 1.40 bits per heavy atom. The molecule has 0 spiro atoms. The molecular formula is C8H16O2. The monoisotopic (exact) mass is 144 g/mol. The topological polar surface area (TPSA) is 18.5 Å².